The van der Waals surface area contributed by atoms with Crippen LogP contribution in [-0.2, 0) is 16.0 Å². The summed E-state index contributed by atoms with van der Waals surface area (Å²) in [5.74, 6) is -0.303. The molecule has 0 aliphatic carbocycles. The highest BCUT2D eigenvalue weighted by Crippen LogP contribution is 2.34. The van der Waals surface area contributed by atoms with Gasteiger partial charge < -0.3 is 0 Å². The van der Waals surface area contributed by atoms with Gasteiger partial charge in [0.05, 0.1) is 28.2 Å². The van der Waals surface area contributed by atoms with Crippen molar-refractivity contribution >= 4 is 49.9 Å². The lowest BCUT2D eigenvalue weighted by molar-refractivity contribution is -0.132. The first-order valence-electron chi connectivity index (χ1n) is 11.8. The van der Waals surface area contributed by atoms with E-state index in [9.17, 15) is 9.59 Å². The maximum absolute atomic E-state index is 13.5. The molecule has 3 aromatic carbocycles. The van der Waals surface area contributed by atoms with E-state index in [1.165, 1.54) is 21.9 Å². The lowest BCUT2D eigenvalue weighted by atomic mass is 10.1. The molecule has 0 fully saturated rings. The standard InChI is InChI=1S/C28H26N4O2S/c1-2-20-12-14-22(15-13-20)32(28-29-24-10-6-7-11-25(24)35-28)27(34)17-16-26(33)31-19-18-23(30-31)21-8-4-3-5-9-21/h3-15H,2,16-19H2,1H3. The summed E-state index contributed by atoms with van der Waals surface area (Å²) in [4.78, 5) is 32.7. The van der Waals surface area contributed by atoms with Crippen molar-refractivity contribution in [3.63, 3.8) is 0 Å². The second-order valence-electron chi connectivity index (χ2n) is 8.39. The summed E-state index contributed by atoms with van der Waals surface area (Å²) in [5.41, 5.74) is 4.73. The number of benzene rings is 3. The van der Waals surface area contributed by atoms with Gasteiger partial charge in [-0.25, -0.2) is 9.99 Å². The summed E-state index contributed by atoms with van der Waals surface area (Å²) in [6.45, 7) is 2.64. The summed E-state index contributed by atoms with van der Waals surface area (Å²) in [6, 6.07) is 25.7. The highest BCUT2D eigenvalue weighted by atomic mass is 32.1. The average molecular weight is 483 g/mol. The molecule has 1 aromatic heterocycles. The van der Waals surface area contributed by atoms with Crippen LogP contribution in [0.3, 0.4) is 0 Å². The zero-order valence-corrected chi connectivity index (χ0v) is 20.4. The van der Waals surface area contributed by atoms with Crippen molar-refractivity contribution < 1.29 is 9.59 Å². The molecule has 7 heteroatoms. The third kappa shape index (κ3) is 5.00. The average Bonchev–Trinajstić information content (AvgIpc) is 3.56. The number of hydrogen-bond acceptors (Lipinski definition) is 5. The second-order valence-corrected chi connectivity index (χ2v) is 9.40. The molecule has 1 aliphatic heterocycles. The smallest absolute Gasteiger partial charge is 0.243 e. The van der Waals surface area contributed by atoms with Crippen molar-refractivity contribution in [3.8, 4) is 0 Å². The number of para-hydroxylation sites is 1. The van der Waals surface area contributed by atoms with Crippen molar-refractivity contribution in [3.05, 3.63) is 90.0 Å². The molecule has 176 valence electrons. The van der Waals surface area contributed by atoms with Crippen LogP contribution in [0.2, 0.25) is 0 Å². The zero-order valence-electron chi connectivity index (χ0n) is 19.6. The Morgan fingerprint density at radius 3 is 2.43 bits per heavy atom. The normalized spacial score (nSPS) is 13.2. The van der Waals surface area contributed by atoms with E-state index in [1.54, 1.807) is 4.90 Å². The third-order valence-corrected chi connectivity index (χ3v) is 7.10. The molecule has 2 amide bonds. The quantitative estimate of drug-likeness (QED) is 0.327. The van der Waals surface area contributed by atoms with E-state index in [-0.39, 0.29) is 24.7 Å². The van der Waals surface area contributed by atoms with Crippen LogP contribution in [0.5, 0.6) is 0 Å². The number of anilines is 2. The fourth-order valence-electron chi connectivity index (χ4n) is 4.12. The minimum absolute atomic E-state index is 0.0803. The van der Waals surface area contributed by atoms with Crippen LogP contribution in [0.4, 0.5) is 10.8 Å². The van der Waals surface area contributed by atoms with E-state index in [4.69, 9.17) is 4.98 Å². The van der Waals surface area contributed by atoms with E-state index < -0.39 is 0 Å². The van der Waals surface area contributed by atoms with Crippen LogP contribution in [0.25, 0.3) is 10.2 Å². The first kappa shape index (κ1) is 22.9. The summed E-state index contributed by atoms with van der Waals surface area (Å²) in [5, 5.41) is 6.61. The van der Waals surface area contributed by atoms with Crippen LogP contribution in [0.1, 0.15) is 37.3 Å². The Labute approximate surface area is 208 Å². The summed E-state index contributed by atoms with van der Waals surface area (Å²) >= 11 is 1.47. The molecular weight excluding hydrogens is 456 g/mol. The van der Waals surface area contributed by atoms with Gasteiger partial charge in [-0.15, -0.1) is 0 Å². The molecule has 0 spiro atoms. The van der Waals surface area contributed by atoms with Crippen molar-refractivity contribution in [2.24, 2.45) is 5.10 Å². The van der Waals surface area contributed by atoms with Gasteiger partial charge in [0.2, 0.25) is 11.8 Å². The van der Waals surface area contributed by atoms with E-state index in [0.29, 0.717) is 18.1 Å². The first-order valence-corrected chi connectivity index (χ1v) is 12.6. The van der Waals surface area contributed by atoms with Crippen LogP contribution < -0.4 is 4.90 Å². The molecule has 5 rings (SSSR count). The fraction of sp³-hybridized carbons (Fsp3) is 0.214. The Balaban J connectivity index is 1.34. The van der Waals surface area contributed by atoms with E-state index in [2.05, 4.69) is 12.0 Å². The zero-order chi connectivity index (χ0) is 24.2. The molecule has 1 aliphatic rings. The van der Waals surface area contributed by atoms with E-state index >= 15 is 0 Å². The SMILES string of the molecule is CCc1ccc(N(C(=O)CCC(=O)N2CCC(c3ccccc3)=N2)c2nc3ccccc3s2)cc1. The van der Waals surface area contributed by atoms with Gasteiger partial charge in [0.15, 0.2) is 5.13 Å². The molecule has 0 saturated carbocycles. The second kappa shape index (κ2) is 10.2. The molecule has 0 atom stereocenters. The highest BCUT2D eigenvalue weighted by Gasteiger charge is 2.25. The number of carbonyl (C=O) groups is 2. The monoisotopic (exact) mass is 482 g/mol. The van der Waals surface area contributed by atoms with Gasteiger partial charge in [0.1, 0.15) is 0 Å². The number of carbonyl (C=O) groups excluding carboxylic acids is 2. The Morgan fingerprint density at radius 2 is 1.69 bits per heavy atom. The van der Waals surface area contributed by atoms with E-state index in [1.807, 2.05) is 78.9 Å². The number of aryl methyl sites for hydroxylation is 1. The number of amides is 2. The number of nitrogens with zero attached hydrogens (tertiary/aromatic N) is 4. The van der Waals surface area contributed by atoms with Gasteiger partial charge >= 0.3 is 0 Å². The Bertz CT molecular complexity index is 1350. The number of fused-ring (bicyclic) bond motifs is 1. The van der Waals surface area contributed by atoms with Crippen LogP contribution in [-0.4, -0.2) is 34.1 Å². The fourth-order valence-corrected chi connectivity index (χ4v) is 5.13. The number of rotatable bonds is 7. The molecule has 0 N–H and O–H groups in total. The highest BCUT2D eigenvalue weighted by molar-refractivity contribution is 7.22. The van der Waals surface area contributed by atoms with Crippen LogP contribution in [0, 0.1) is 0 Å². The van der Waals surface area contributed by atoms with Crippen LogP contribution >= 0.6 is 11.3 Å². The van der Waals surface area contributed by atoms with Gasteiger partial charge in [-0.2, -0.15) is 5.10 Å². The molecule has 0 radical (unpaired) electrons. The lowest BCUT2D eigenvalue weighted by Gasteiger charge is -2.21. The van der Waals surface area contributed by atoms with Crippen molar-refractivity contribution in [1.82, 2.24) is 9.99 Å². The number of hydrogen-bond donors (Lipinski definition) is 0. The predicted molar refractivity (Wildman–Crippen MR) is 141 cm³/mol. The van der Waals surface area contributed by atoms with Crippen molar-refractivity contribution in [1.29, 1.82) is 0 Å². The van der Waals surface area contributed by atoms with Gasteiger partial charge in [0, 0.05) is 19.3 Å². The molecule has 0 bridgehead atoms. The summed E-state index contributed by atoms with van der Waals surface area (Å²) < 4.78 is 1.02. The topological polar surface area (TPSA) is 65.9 Å². The van der Waals surface area contributed by atoms with Crippen molar-refractivity contribution in [2.45, 2.75) is 32.6 Å². The minimum Gasteiger partial charge on any atom is -0.274 e. The summed E-state index contributed by atoms with van der Waals surface area (Å²) in [6.07, 6.45) is 1.81. The maximum atomic E-state index is 13.5. The van der Waals surface area contributed by atoms with Gasteiger partial charge in [0.25, 0.3) is 0 Å². The minimum atomic E-state index is -0.159. The van der Waals surface area contributed by atoms with Gasteiger partial charge in [-0.05, 0) is 41.8 Å². The summed E-state index contributed by atoms with van der Waals surface area (Å²) in [7, 11) is 0. The first-order chi connectivity index (χ1) is 17.1. The predicted octanol–water partition coefficient (Wildman–Crippen LogP) is 5.94. The number of thiazole rings is 1. The number of hydrazone groups is 1. The largest absolute Gasteiger partial charge is 0.274 e. The molecule has 0 saturated heterocycles. The lowest BCUT2D eigenvalue weighted by Crippen LogP contribution is -2.29. The van der Waals surface area contributed by atoms with Gasteiger partial charge in [-0.3, -0.25) is 14.5 Å². The van der Waals surface area contributed by atoms with Crippen LogP contribution in [0.15, 0.2) is 84.0 Å². The molecule has 35 heavy (non-hydrogen) atoms. The Hall–Kier alpha value is -3.84. The number of aromatic nitrogens is 1. The molecule has 6 nitrogen and oxygen atoms in total. The maximum Gasteiger partial charge on any atom is 0.243 e. The molecular formula is C28H26N4O2S. The van der Waals surface area contributed by atoms with E-state index in [0.717, 1.165) is 33.6 Å². The third-order valence-electron chi connectivity index (χ3n) is 6.08. The Kier molecular flexibility index (Phi) is 6.68. The van der Waals surface area contributed by atoms with Gasteiger partial charge in [-0.1, -0.05) is 72.9 Å². The molecule has 2 heterocycles. The molecule has 4 aromatic rings. The Morgan fingerprint density at radius 1 is 0.943 bits per heavy atom. The molecule has 0 unspecified atom stereocenters. The van der Waals surface area contributed by atoms with Crippen molar-refractivity contribution in [2.75, 3.05) is 11.4 Å².